The van der Waals surface area contributed by atoms with E-state index in [0.29, 0.717) is 17.8 Å². The van der Waals surface area contributed by atoms with Gasteiger partial charge in [-0.1, -0.05) is 90.4 Å². The zero-order valence-corrected chi connectivity index (χ0v) is 21.4. The van der Waals surface area contributed by atoms with Crippen LogP contribution in [0, 0.1) is 0 Å². The molecule has 3 rings (SSSR count). The summed E-state index contributed by atoms with van der Waals surface area (Å²) >= 11 is 0. The molecule has 4 atom stereocenters. The molecule has 2 aromatic heterocycles. The maximum atomic E-state index is 10.7. The average Bonchev–Trinajstić information content (AvgIpc) is 3.43. The second-order valence-corrected chi connectivity index (χ2v) is 9.75. The second kappa shape index (κ2) is 15.3. The average molecular weight is 492 g/mol. The number of unbranched alkanes of at least 4 members (excludes halogenated alkanes) is 13. The summed E-state index contributed by atoms with van der Waals surface area (Å²) in [7, 11) is 0. The third kappa shape index (κ3) is 8.10. The summed E-state index contributed by atoms with van der Waals surface area (Å²) in [5.41, 5.74) is 6.88. The smallest absolute Gasteiger partial charge is 0.167 e. The molecule has 0 spiro atoms. The maximum absolute atomic E-state index is 10.7. The van der Waals surface area contributed by atoms with E-state index in [-0.39, 0.29) is 12.4 Å². The van der Waals surface area contributed by atoms with Crippen molar-refractivity contribution in [3.63, 3.8) is 0 Å². The van der Waals surface area contributed by atoms with Gasteiger partial charge in [-0.15, -0.1) is 0 Å². The fraction of sp³-hybridized carbons (Fsp3) is 0.808. The number of anilines is 1. The number of imidazole rings is 1. The number of hydrogen-bond donors (Lipinski definition) is 3. The van der Waals surface area contributed by atoms with Crippen molar-refractivity contribution < 1.29 is 19.7 Å². The molecule has 0 bridgehead atoms. The van der Waals surface area contributed by atoms with Gasteiger partial charge in [0, 0.05) is 6.61 Å². The number of nitrogen functional groups attached to an aromatic ring is 1. The van der Waals surface area contributed by atoms with Crippen molar-refractivity contribution in [1.82, 2.24) is 19.5 Å². The third-order valence-corrected chi connectivity index (χ3v) is 6.96. The van der Waals surface area contributed by atoms with E-state index in [4.69, 9.17) is 15.2 Å². The lowest BCUT2D eigenvalue weighted by atomic mass is 10.0. The van der Waals surface area contributed by atoms with Crippen LogP contribution in [0.3, 0.4) is 0 Å². The number of nitrogens with zero attached hydrogens (tertiary/aromatic N) is 4. The van der Waals surface area contributed by atoms with Gasteiger partial charge < -0.3 is 25.4 Å². The summed E-state index contributed by atoms with van der Waals surface area (Å²) in [6.45, 7) is 2.50. The number of nitrogens with two attached hydrogens (primary N) is 1. The summed E-state index contributed by atoms with van der Waals surface area (Å²) in [5.74, 6) is 0.283. The van der Waals surface area contributed by atoms with Crippen molar-refractivity contribution in [3.05, 3.63) is 12.7 Å². The van der Waals surface area contributed by atoms with Crippen LogP contribution in [0.15, 0.2) is 12.7 Å². The normalized spacial score (nSPS) is 22.4. The van der Waals surface area contributed by atoms with E-state index < -0.39 is 24.5 Å². The third-order valence-electron chi connectivity index (χ3n) is 6.96. The molecule has 0 amide bonds. The first-order valence-electron chi connectivity index (χ1n) is 13.7. The van der Waals surface area contributed by atoms with Gasteiger partial charge in [0.2, 0.25) is 0 Å². The van der Waals surface area contributed by atoms with Crippen LogP contribution in [0.25, 0.3) is 11.2 Å². The van der Waals surface area contributed by atoms with Crippen LogP contribution in [0.5, 0.6) is 0 Å². The largest absolute Gasteiger partial charge is 0.394 e. The van der Waals surface area contributed by atoms with E-state index in [9.17, 15) is 10.2 Å². The topological polar surface area (TPSA) is 129 Å². The Hall–Kier alpha value is -1.81. The van der Waals surface area contributed by atoms with E-state index >= 15 is 0 Å². The molecule has 4 N–H and O–H groups in total. The van der Waals surface area contributed by atoms with Crippen LogP contribution in [0.4, 0.5) is 5.82 Å². The van der Waals surface area contributed by atoms with E-state index in [1.807, 2.05) is 0 Å². The molecule has 9 heteroatoms. The molecule has 9 nitrogen and oxygen atoms in total. The molecule has 0 radical (unpaired) electrons. The van der Waals surface area contributed by atoms with Gasteiger partial charge in [-0.3, -0.25) is 4.57 Å². The first kappa shape index (κ1) is 27.8. The molecule has 0 aliphatic carbocycles. The van der Waals surface area contributed by atoms with Crippen LogP contribution >= 0.6 is 0 Å². The Balaban J connectivity index is 1.32. The maximum Gasteiger partial charge on any atom is 0.167 e. The highest BCUT2D eigenvalue weighted by Gasteiger charge is 2.45. The summed E-state index contributed by atoms with van der Waals surface area (Å²) in [4.78, 5) is 12.5. The monoisotopic (exact) mass is 491 g/mol. The number of hydrogen-bond acceptors (Lipinski definition) is 8. The molecule has 0 unspecified atom stereocenters. The molecule has 1 saturated heterocycles. The van der Waals surface area contributed by atoms with Gasteiger partial charge in [0.05, 0.1) is 12.9 Å². The Kier molecular flexibility index (Phi) is 12.2. The Morgan fingerprint density at radius 3 is 2.11 bits per heavy atom. The van der Waals surface area contributed by atoms with Crippen LogP contribution in [-0.2, 0) is 9.47 Å². The minimum Gasteiger partial charge on any atom is -0.394 e. The summed E-state index contributed by atoms with van der Waals surface area (Å²) in [5, 5.41) is 20.3. The summed E-state index contributed by atoms with van der Waals surface area (Å²) in [6, 6.07) is 0. The Bertz CT molecular complexity index is 848. The lowest BCUT2D eigenvalue weighted by Crippen LogP contribution is -2.35. The number of fused-ring (bicyclic) bond motifs is 1. The van der Waals surface area contributed by atoms with Gasteiger partial charge in [-0.25, -0.2) is 15.0 Å². The van der Waals surface area contributed by atoms with E-state index in [0.717, 1.165) is 12.8 Å². The zero-order valence-electron chi connectivity index (χ0n) is 21.4. The molecule has 0 aromatic carbocycles. The number of ether oxygens (including phenoxy) is 2. The highest BCUT2D eigenvalue weighted by atomic mass is 16.6. The first-order chi connectivity index (χ1) is 17.2. The molecule has 198 valence electrons. The highest BCUT2D eigenvalue weighted by Crippen LogP contribution is 2.34. The standard InChI is InChI=1S/C26H45N5O4/c1-2-3-4-5-6-7-8-9-10-11-12-13-14-15-16-34-23-22(33)20(17-32)35-26(23)31-19-30-21-24(27)28-18-29-25(21)31/h18-20,22-23,26,32-33H,2-17H2,1H3,(H2,27,28,29)/t20-,22+,23-,26-/m1/s1. The van der Waals surface area contributed by atoms with E-state index in [2.05, 4.69) is 21.9 Å². The molecule has 3 heterocycles. The summed E-state index contributed by atoms with van der Waals surface area (Å²) < 4.78 is 13.7. The SMILES string of the molecule is CCCCCCCCCCCCCCCCO[C@@H]1[C@@H](O)[C@@H](CO)O[C@H]1n1cnc2c(N)ncnc21. The van der Waals surface area contributed by atoms with Crippen molar-refractivity contribution in [2.24, 2.45) is 0 Å². The minimum atomic E-state index is -0.937. The number of aliphatic hydroxyl groups is 2. The molecule has 0 saturated carbocycles. The van der Waals surface area contributed by atoms with E-state index in [1.165, 1.54) is 83.4 Å². The Labute approximate surface area is 209 Å². The lowest BCUT2D eigenvalue weighted by molar-refractivity contribution is -0.0711. The van der Waals surface area contributed by atoms with Crippen LogP contribution in [0.1, 0.15) is 103 Å². The van der Waals surface area contributed by atoms with Crippen LogP contribution in [0.2, 0.25) is 0 Å². The highest BCUT2D eigenvalue weighted by molar-refractivity contribution is 5.81. The predicted octanol–water partition coefficient (Wildman–Crippen LogP) is 4.53. The van der Waals surface area contributed by atoms with Crippen LogP contribution < -0.4 is 5.73 Å². The van der Waals surface area contributed by atoms with Crippen molar-refractivity contribution in [3.8, 4) is 0 Å². The van der Waals surface area contributed by atoms with Gasteiger partial charge in [-0.05, 0) is 6.42 Å². The van der Waals surface area contributed by atoms with Gasteiger partial charge in [-0.2, -0.15) is 0 Å². The number of rotatable bonds is 18. The first-order valence-corrected chi connectivity index (χ1v) is 13.7. The Morgan fingerprint density at radius 1 is 0.914 bits per heavy atom. The van der Waals surface area contributed by atoms with Crippen molar-refractivity contribution >= 4 is 17.0 Å². The quantitative estimate of drug-likeness (QED) is 0.260. The van der Waals surface area contributed by atoms with Crippen molar-refractivity contribution in [2.45, 2.75) is 121 Å². The molecular weight excluding hydrogens is 446 g/mol. The lowest BCUT2D eigenvalue weighted by Gasteiger charge is -2.22. The predicted molar refractivity (Wildman–Crippen MR) is 137 cm³/mol. The zero-order chi connectivity index (χ0) is 24.9. The molecule has 35 heavy (non-hydrogen) atoms. The molecule has 1 aliphatic rings. The fourth-order valence-corrected chi connectivity index (χ4v) is 4.85. The molecular formula is C26H45N5O4. The van der Waals surface area contributed by atoms with Crippen LogP contribution in [-0.4, -0.2) is 61.3 Å². The molecule has 1 aliphatic heterocycles. The van der Waals surface area contributed by atoms with Gasteiger partial charge in [0.1, 0.15) is 30.2 Å². The van der Waals surface area contributed by atoms with Crippen molar-refractivity contribution in [2.75, 3.05) is 18.9 Å². The van der Waals surface area contributed by atoms with Crippen molar-refractivity contribution in [1.29, 1.82) is 0 Å². The summed E-state index contributed by atoms with van der Waals surface area (Å²) in [6.07, 6.45) is 18.2. The molecule has 1 fully saturated rings. The Morgan fingerprint density at radius 2 is 1.51 bits per heavy atom. The molecule has 2 aromatic rings. The number of aliphatic hydroxyl groups excluding tert-OH is 2. The minimum absolute atomic E-state index is 0.283. The van der Waals surface area contributed by atoms with Gasteiger partial charge >= 0.3 is 0 Å². The van der Waals surface area contributed by atoms with Gasteiger partial charge in [0.15, 0.2) is 17.7 Å². The fourth-order valence-electron chi connectivity index (χ4n) is 4.85. The van der Waals surface area contributed by atoms with Gasteiger partial charge in [0.25, 0.3) is 0 Å². The second-order valence-electron chi connectivity index (χ2n) is 9.75. The van der Waals surface area contributed by atoms with E-state index in [1.54, 1.807) is 10.9 Å². The number of aromatic nitrogens is 4.